The fraction of sp³-hybridized carbons (Fsp3) is 0.176. The van der Waals surface area contributed by atoms with Crippen LogP contribution in [0.4, 0.5) is 5.69 Å². The molecule has 0 atom stereocenters. The lowest BCUT2D eigenvalue weighted by Gasteiger charge is -2.12. The number of ether oxygens (including phenoxy) is 1. The number of nitrogens with one attached hydrogen (secondary N) is 1. The van der Waals surface area contributed by atoms with Gasteiger partial charge in [-0.05, 0) is 32.9 Å². The lowest BCUT2D eigenvalue weighted by Crippen LogP contribution is -2.15. The molecule has 24 heavy (non-hydrogen) atoms. The zero-order valence-electron chi connectivity index (χ0n) is 13.5. The minimum atomic E-state index is -0.207. The van der Waals surface area contributed by atoms with Crippen molar-refractivity contribution >= 4 is 22.9 Å². The molecule has 0 spiro atoms. The first-order valence-electron chi connectivity index (χ1n) is 7.34. The van der Waals surface area contributed by atoms with Crippen molar-refractivity contribution in [2.45, 2.75) is 20.8 Å². The number of benzene rings is 1. The van der Waals surface area contributed by atoms with Crippen LogP contribution in [-0.2, 0) is 0 Å². The Labute approximate surface area is 143 Å². The van der Waals surface area contributed by atoms with Gasteiger partial charge in [0.05, 0.1) is 28.3 Å². The molecule has 0 radical (unpaired) electrons. The predicted octanol–water partition coefficient (Wildman–Crippen LogP) is 3.90. The van der Waals surface area contributed by atoms with Crippen LogP contribution in [0.2, 0.25) is 0 Å². The van der Waals surface area contributed by atoms with Gasteiger partial charge in [-0.15, -0.1) is 11.3 Å². The molecule has 3 aromatic rings. The third-order valence-corrected chi connectivity index (χ3v) is 4.32. The summed E-state index contributed by atoms with van der Waals surface area (Å²) < 4.78 is 5.65. The van der Waals surface area contributed by atoms with E-state index in [2.05, 4.69) is 20.3 Å². The van der Waals surface area contributed by atoms with Crippen molar-refractivity contribution in [1.82, 2.24) is 15.0 Å². The van der Waals surface area contributed by atoms with Crippen LogP contribution in [0.25, 0.3) is 0 Å². The molecule has 3 rings (SSSR count). The molecule has 1 N–H and O–H groups in total. The van der Waals surface area contributed by atoms with E-state index in [1.165, 1.54) is 11.3 Å². The number of carbonyl (C=O) groups is 1. The largest absolute Gasteiger partial charge is 0.424 e. The van der Waals surface area contributed by atoms with Crippen molar-refractivity contribution in [2.24, 2.45) is 0 Å². The van der Waals surface area contributed by atoms with Crippen LogP contribution in [0.1, 0.15) is 26.8 Å². The fourth-order valence-electron chi connectivity index (χ4n) is 2.20. The highest BCUT2D eigenvalue weighted by atomic mass is 32.1. The van der Waals surface area contributed by atoms with E-state index in [1.54, 1.807) is 12.4 Å². The van der Waals surface area contributed by atoms with Crippen molar-refractivity contribution in [1.29, 1.82) is 0 Å². The van der Waals surface area contributed by atoms with Gasteiger partial charge in [0.25, 0.3) is 5.91 Å². The predicted molar refractivity (Wildman–Crippen MR) is 92.8 cm³/mol. The molecule has 0 saturated heterocycles. The number of para-hydroxylation sites is 1. The van der Waals surface area contributed by atoms with Crippen LogP contribution in [0.3, 0.4) is 0 Å². The zero-order valence-corrected chi connectivity index (χ0v) is 14.3. The molecule has 1 amide bonds. The minimum Gasteiger partial charge on any atom is -0.424 e. The van der Waals surface area contributed by atoms with Gasteiger partial charge in [-0.1, -0.05) is 18.2 Å². The first-order valence-corrected chi connectivity index (χ1v) is 8.22. The van der Waals surface area contributed by atoms with Gasteiger partial charge in [-0.3, -0.25) is 4.79 Å². The topological polar surface area (TPSA) is 77.0 Å². The zero-order chi connectivity index (χ0) is 17.1. The quantitative estimate of drug-likeness (QED) is 0.779. The summed E-state index contributed by atoms with van der Waals surface area (Å²) in [5.74, 6) is 0.454. The molecule has 1 aromatic carbocycles. The normalized spacial score (nSPS) is 10.5. The molecule has 0 fully saturated rings. The molecule has 7 heteroatoms. The summed E-state index contributed by atoms with van der Waals surface area (Å²) in [6.07, 6.45) is 0. The summed E-state index contributed by atoms with van der Waals surface area (Å²) in [5, 5.41) is 2.86. The molecule has 6 nitrogen and oxygen atoms in total. The first-order chi connectivity index (χ1) is 11.5. The molecular weight excluding hydrogens is 324 g/mol. The van der Waals surface area contributed by atoms with Crippen LogP contribution in [0, 0.1) is 20.8 Å². The third-order valence-electron chi connectivity index (χ3n) is 3.39. The average molecular weight is 340 g/mol. The summed E-state index contributed by atoms with van der Waals surface area (Å²) in [5.41, 5.74) is 4.23. The molecule has 0 aliphatic heterocycles. The van der Waals surface area contributed by atoms with Gasteiger partial charge in [-0.25, -0.2) is 4.98 Å². The van der Waals surface area contributed by atoms with Gasteiger partial charge in [0, 0.05) is 0 Å². The highest BCUT2D eigenvalue weighted by Crippen LogP contribution is 2.24. The van der Waals surface area contributed by atoms with E-state index in [1.807, 2.05) is 44.2 Å². The number of carbonyl (C=O) groups excluding carboxylic acids is 1. The standard InChI is InChI=1S/C17H16N4O2S/c1-10-14(21-16(22)15-12(3)18-9-24-15)11(2)20-17(19-10)23-13-7-5-4-6-8-13/h4-9H,1-3H3,(H,21,22). The van der Waals surface area contributed by atoms with E-state index >= 15 is 0 Å². The second-order valence-electron chi connectivity index (χ2n) is 5.19. The molecule has 0 unspecified atom stereocenters. The number of aromatic nitrogens is 3. The highest BCUT2D eigenvalue weighted by molar-refractivity contribution is 7.12. The van der Waals surface area contributed by atoms with E-state index in [0.717, 1.165) is 0 Å². The monoisotopic (exact) mass is 340 g/mol. The maximum atomic E-state index is 12.3. The highest BCUT2D eigenvalue weighted by Gasteiger charge is 2.16. The Hall–Kier alpha value is -2.80. The summed E-state index contributed by atoms with van der Waals surface area (Å²) in [4.78, 5) is 25.7. The molecular formula is C17H16N4O2S. The smallest absolute Gasteiger partial charge is 0.322 e. The Bertz CT molecular complexity index is 854. The van der Waals surface area contributed by atoms with E-state index in [9.17, 15) is 4.79 Å². The summed E-state index contributed by atoms with van der Waals surface area (Å²) in [6, 6.07) is 9.57. The van der Waals surface area contributed by atoms with E-state index < -0.39 is 0 Å². The Kier molecular flexibility index (Phi) is 4.52. The Morgan fingerprint density at radius 3 is 2.29 bits per heavy atom. The Morgan fingerprint density at radius 1 is 1.04 bits per heavy atom. The summed E-state index contributed by atoms with van der Waals surface area (Å²) in [7, 11) is 0. The van der Waals surface area contributed by atoms with Crippen molar-refractivity contribution in [3.05, 3.63) is 57.8 Å². The van der Waals surface area contributed by atoms with Crippen LogP contribution in [0.5, 0.6) is 11.8 Å². The van der Waals surface area contributed by atoms with Crippen LogP contribution in [0.15, 0.2) is 35.8 Å². The van der Waals surface area contributed by atoms with Gasteiger partial charge in [0.1, 0.15) is 10.6 Å². The van der Waals surface area contributed by atoms with Crippen molar-refractivity contribution < 1.29 is 9.53 Å². The van der Waals surface area contributed by atoms with Crippen LogP contribution >= 0.6 is 11.3 Å². The van der Waals surface area contributed by atoms with Crippen LogP contribution < -0.4 is 10.1 Å². The second kappa shape index (κ2) is 6.76. The number of hydrogen-bond acceptors (Lipinski definition) is 6. The average Bonchev–Trinajstić information content (AvgIpc) is 2.98. The van der Waals surface area contributed by atoms with Gasteiger partial charge in [0.2, 0.25) is 0 Å². The number of hydrogen-bond donors (Lipinski definition) is 1. The number of thiazole rings is 1. The number of aryl methyl sites for hydroxylation is 3. The molecule has 122 valence electrons. The molecule has 2 aromatic heterocycles. The summed E-state index contributed by atoms with van der Waals surface area (Å²) >= 11 is 1.30. The van der Waals surface area contributed by atoms with E-state index in [-0.39, 0.29) is 11.9 Å². The van der Waals surface area contributed by atoms with Gasteiger partial charge >= 0.3 is 6.01 Å². The third kappa shape index (κ3) is 3.41. The Morgan fingerprint density at radius 2 is 1.71 bits per heavy atom. The Balaban J connectivity index is 1.83. The van der Waals surface area contributed by atoms with E-state index in [0.29, 0.717) is 33.4 Å². The van der Waals surface area contributed by atoms with Crippen molar-refractivity contribution in [3.63, 3.8) is 0 Å². The van der Waals surface area contributed by atoms with Gasteiger partial charge in [-0.2, -0.15) is 9.97 Å². The molecule has 2 heterocycles. The maximum Gasteiger partial charge on any atom is 0.322 e. The van der Waals surface area contributed by atoms with Crippen molar-refractivity contribution in [2.75, 3.05) is 5.32 Å². The molecule has 0 bridgehead atoms. The molecule has 0 aliphatic rings. The fourth-order valence-corrected chi connectivity index (χ4v) is 2.89. The van der Waals surface area contributed by atoms with E-state index in [4.69, 9.17) is 4.74 Å². The number of nitrogens with zero attached hydrogens (tertiary/aromatic N) is 3. The molecule has 0 saturated carbocycles. The number of rotatable bonds is 4. The SMILES string of the molecule is Cc1ncsc1C(=O)Nc1c(C)nc(Oc2ccccc2)nc1C. The van der Waals surface area contributed by atoms with Gasteiger partial charge in [0.15, 0.2) is 0 Å². The molecule has 0 aliphatic carbocycles. The summed E-state index contributed by atoms with van der Waals surface area (Å²) in [6.45, 7) is 5.42. The lowest BCUT2D eigenvalue weighted by atomic mass is 10.2. The number of anilines is 1. The van der Waals surface area contributed by atoms with Crippen LogP contribution in [-0.4, -0.2) is 20.9 Å². The second-order valence-corrected chi connectivity index (χ2v) is 6.04. The maximum absolute atomic E-state index is 12.3. The first kappa shape index (κ1) is 16.1. The number of amides is 1. The lowest BCUT2D eigenvalue weighted by molar-refractivity contribution is 0.102. The van der Waals surface area contributed by atoms with Crippen molar-refractivity contribution in [3.8, 4) is 11.8 Å². The minimum absolute atomic E-state index is 0.207. The van der Waals surface area contributed by atoms with Gasteiger partial charge < -0.3 is 10.1 Å².